The predicted molar refractivity (Wildman–Crippen MR) is 82.8 cm³/mol. The summed E-state index contributed by atoms with van der Waals surface area (Å²) in [6.45, 7) is 12.5. The maximum absolute atomic E-state index is 12.3. The zero-order valence-electron chi connectivity index (χ0n) is 13.9. The van der Waals surface area contributed by atoms with Crippen LogP contribution in [-0.4, -0.2) is 48.2 Å². The maximum atomic E-state index is 12.3. The number of hydrogen-bond donors (Lipinski definition) is 1. The molecule has 4 heteroatoms. The summed E-state index contributed by atoms with van der Waals surface area (Å²) in [6.07, 6.45) is 4.74. The van der Waals surface area contributed by atoms with Crippen LogP contribution < -0.4 is 5.32 Å². The van der Waals surface area contributed by atoms with Gasteiger partial charge in [0.1, 0.15) is 5.54 Å². The van der Waals surface area contributed by atoms with Gasteiger partial charge in [-0.2, -0.15) is 0 Å². The minimum atomic E-state index is -0.605. The molecular formula is C16H32N2O2. The Morgan fingerprint density at radius 3 is 2.40 bits per heavy atom. The smallest absolute Gasteiger partial charge is 0.327 e. The predicted octanol–water partition coefficient (Wildman–Crippen LogP) is 2.57. The van der Waals surface area contributed by atoms with E-state index < -0.39 is 5.54 Å². The summed E-state index contributed by atoms with van der Waals surface area (Å²) in [7, 11) is 0. The van der Waals surface area contributed by atoms with Crippen molar-refractivity contribution in [3.05, 3.63) is 0 Å². The normalized spacial score (nSPS) is 27.1. The first-order chi connectivity index (χ1) is 9.44. The van der Waals surface area contributed by atoms with E-state index in [1.165, 1.54) is 19.3 Å². The van der Waals surface area contributed by atoms with Gasteiger partial charge in [0, 0.05) is 18.6 Å². The van der Waals surface area contributed by atoms with E-state index in [1.54, 1.807) is 0 Å². The SMILES string of the molecule is CCCNC(C)(CN1C(C)CCCC1C)C(=O)OCC. The Labute approximate surface area is 124 Å². The molecule has 1 aliphatic heterocycles. The zero-order valence-corrected chi connectivity index (χ0v) is 13.9. The monoisotopic (exact) mass is 284 g/mol. The molecule has 0 radical (unpaired) electrons. The summed E-state index contributed by atoms with van der Waals surface area (Å²) in [5.74, 6) is -0.126. The summed E-state index contributed by atoms with van der Waals surface area (Å²) in [5.41, 5.74) is -0.605. The number of ether oxygens (including phenoxy) is 1. The number of nitrogens with one attached hydrogen (secondary N) is 1. The van der Waals surface area contributed by atoms with E-state index in [-0.39, 0.29) is 5.97 Å². The molecular weight excluding hydrogens is 252 g/mol. The number of carbonyl (C=O) groups is 1. The molecule has 0 aromatic rings. The molecule has 20 heavy (non-hydrogen) atoms. The highest BCUT2D eigenvalue weighted by Gasteiger charge is 2.39. The van der Waals surface area contributed by atoms with Gasteiger partial charge in [-0.1, -0.05) is 13.3 Å². The number of piperidine rings is 1. The molecule has 0 aliphatic carbocycles. The lowest BCUT2D eigenvalue weighted by atomic mass is 9.93. The molecule has 0 aromatic heterocycles. The van der Waals surface area contributed by atoms with E-state index in [1.807, 2.05) is 13.8 Å². The van der Waals surface area contributed by atoms with E-state index in [0.29, 0.717) is 18.7 Å². The largest absolute Gasteiger partial charge is 0.465 e. The average Bonchev–Trinajstić information content (AvgIpc) is 2.41. The highest BCUT2D eigenvalue weighted by molar-refractivity contribution is 5.80. The van der Waals surface area contributed by atoms with Crippen molar-refractivity contribution in [3.8, 4) is 0 Å². The molecule has 1 saturated heterocycles. The van der Waals surface area contributed by atoms with Crippen molar-refractivity contribution < 1.29 is 9.53 Å². The highest BCUT2D eigenvalue weighted by Crippen LogP contribution is 2.25. The van der Waals surface area contributed by atoms with Gasteiger partial charge in [0.05, 0.1) is 6.61 Å². The zero-order chi connectivity index (χ0) is 15.2. The van der Waals surface area contributed by atoms with E-state index in [0.717, 1.165) is 19.5 Å². The molecule has 4 nitrogen and oxygen atoms in total. The fourth-order valence-electron chi connectivity index (χ4n) is 3.04. The molecule has 1 aliphatic rings. The third-order valence-electron chi connectivity index (χ3n) is 4.37. The van der Waals surface area contributed by atoms with Crippen LogP contribution in [0.2, 0.25) is 0 Å². The molecule has 1 heterocycles. The van der Waals surface area contributed by atoms with E-state index in [4.69, 9.17) is 4.74 Å². The molecule has 1 rings (SSSR count). The van der Waals surface area contributed by atoms with Gasteiger partial charge >= 0.3 is 5.97 Å². The van der Waals surface area contributed by atoms with E-state index >= 15 is 0 Å². The first kappa shape index (κ1) is 17.4. The Hall–Kier alpha value is -0.610. The van der Waals surface area contributed by atoms with E-state index in [2.05, 4.69) is 31.0 Å². The second-order valence-electron chi connectivity index (χ2n) is 6.28. The molecule has 118 valence electrons. The molecule has 0 bridgehead atoms. The van der Waals surface area contributed by atoms with Gasteiger partial charge in [-0.3, -0.25) is 9.69 Å². The lowest BCUT2D eigenvalue weighted by molar-refractivity contribution is -0.152. The number of nitrogens with zero attached hydrogens (tertiary/aromatic N) is 1. The van der Waals surface area contributed by atoms with Gasteiger partial charge in [0.25, 0.3) is 0 Å². The van der Waals surface area contributed by atoms with Gasteiger partial charge in [0.2, 0.25) is 0 Å². The summed E-state index contributed by atoms with van der Waals surface area (Å²) in [4.78, 5) is 14.8. The minimum absolute atomic E-state index is 0.126. The number of rotatable bonds is 7. The summed E-state index contributed by atoms with van der Waals surface area (Å²) in [6, 6.07) is 1.08. The van der Waals surface area contributed by atoms with Crippen LogP contribution in [0.1, 0.15) is 60.3 Å². The van der Waals surface area contributed by atoms with Crippen LogP contribution in [0, 0.1) is 0 Å². The Balaban J connectivity index is 2.79. The van der Waals surface area contributed by atoms with E-state index in [9.17, 15) is 4.79 Å². The molecule has 0 aromatic carbocycles. The Kier molecular flexibility index (Phi) is 6.96. The first-order valence-corrected chi connectivity index (χ1v) is 8.12. The van der Waals surface area contributed by atoms with Gasteiger partial charge in [-0.15, -0.1) is 0 Å². The van der Waals surface area contributed by atoms with Gasteiger partial charge in [-0.05, 0) is 53.5 Å². The standard InChI is InChI=1S/C16H32N2O2/c1-6-11-17-16(5,15(19)20-7-2)12-18-13(3)9-8-10-14(18)4/h13-14,17H,6-12H2,1-5H3. The Morgan fingerprint density at radius 2 is 1.90 bits per heavy atom. The van der Waals surface area contributed by atoms with Crippen LogP contribution in [0.3, 0.4) is 0 Å². The molecule has 0 amide bonds. The van der Waals surface area contributed by atoms with Crippen molar-refractivity contribution in [2.24, 2.45) is 0 Å². The average molecular weight is 284 g/mol. The van der Waals surface area contributed by atoms with Crippen LogP contribution in [0.25, 0.3) is 0 Å². The van der Waals surface area contributed by atoms with Crippen molar-refractivity contribution in [2.45, 2.75) is 77.9 Å². The highest BCUT2D eigenvalue weighted by atomic mass is 16.5. The molecule has 3 unspecified atom stereocenters. The fraction of sp³-hybridized carbons (Fsp3) is 0.938. The van der Waals surface area contributed by atoms with Gasteiger partial charge in [-0.25, -0.2) is 0 Å². The number of hydrogen-bond acceptors (Lipinski definition) is 4. The summed E-state index contributed by atoms with van der Waals surface area (Å²) < 4.78 is 5.29. The molecule has 3 atom stereocenters. The van der Waals surface area contributed by atoms with Gasteiger partial charge in [0.15, 0.2) is 0 Å². The molecule has 1 N–H and O–H groups in total. The van der Waals surface area contributed by atoms with Crippen molar-refractivity contribution in [3.63, 3.8) is 0 Å². The third-order valence-corrected chi connectivity index (χ3v) is 4.37. The molecule has 0 saturated carbocycles. The van der Waals surface area contributed by atoms with Crippen LogP contribution in [-0.2, 0) is 9.53 Å². The fourth-order valence-corrected chi connectivity index (χ4v) is 3.04. The number of esters is 1. The lowest BCUT2D eigenvalue weighted by Gasteiger charge is -2.43. The van der Waals surface area contributed by atoms with Crippen LogP contribution >= 0.6 is 0 Å². The second-order valence-corrected chi connectivity index (χ2v) is 6.28. The van der Waals surface area contributed by atoms with Crippen molar-refractivity contribution in [2.75, 3.05) is 19.7 Å². The lowest BCUT2D eigenvalue weighted by Crippen LogP contribution is -2.61. The molecule has 0 spiro atoms. The van der Waals surface area contributed by atoms with Crippen LogP contribution in [0.15, 0.2) is 0 Å². The second kappa shape index (κ2) is 7.99. The van der Waals surface area contributed by atoms with Crippen LogP contribution in [0.5, 0.6) is 0 Å². The van der Waals surface area contributed by atoms with Gasteiger partial charge < -0.3 is 10.1 Å². The topological polar surface area (TPSA) is 41.6 Å². The summed E-state index contributed by atoms with van der Waals surface area (Å²) >= 11 is 0. The van der Waals surface area contributed by atoms with Crippen LogP contribution in [0.4, 0.5) is 0 Å². The first-order valence-electron chi connectivity index (χ1n) is 8.12. The third kappa shape index (κ3) is 4.45. The summed E-state index contributed by atoms with van der Waals surface area (Å²) in [5, 5.41) is 3.40. The number of likely N-dealkylation sites (tertiary alicyclic amines) is 1. The Morgan fingerprint density at radius 1 is 1.30 bits per heavy atom. The quantitative estimate of drug-likeness (QED) is 0.730. The Bertz CT molecular complexity index is 299. The number of carbonyl (C=O) groups excluding carboxylic acids is 1. The van der Waals surface area contributed by atoms with Crippen molar-refractivity contribution in [1.82, 2.24) is 10.2 Å². The minimum Gasteiger partial charge on any atom is -0.465 e. The molecule has 1 fully saturated rings. The van der Waals surface area contributed by atoms with Crippen molar-refractivity contribution in [1.29, 1.82) is 0 Å². The van der Waals surface area contributed by atoms with Crippen molar-refractivity contribution >= 4 is 5.97 Å². The maximum Gasteiger partial charge on any atom is 0.327 e.